The van der Waals surface area contributed by atoms with Crippen molar-refractivity contribution in [3.63, 3.8) is 0 Å². The predicted molar refractivity (Wildman–Crippen MR) is 69.6 cm³/mol. The summed E-state index contributed by atoms with van der Waals surface area (Å²) in [6.07, 6.45) is 2.54. The maximum atomic E-state index is 11.7. The number of carbonyl (C=O) groups is 1. The van der Waals surface area contributed by atoms with Crippen molar-refractivity contribution in [3.05, 3.63) is 18.0 Å². The Morgan fingerprint density at radius 2 is 2.33 bits per heavy atom. The highest BCUT2D eigenvalue weighted by Gasteiger charge is 2.09. The first kappa shape index (κ1) is 14.4. The summed E-state index contributed by atoms with van der Waals surface area (Å²) < 4.78 is 4.86. The van der Waals surface area contributed by atoms with Gasteiger partial charge in [0.05, 0.1) is 6.61 Å². The highest BCUT2D eigenvalue weighted by atomic mass is 16.5. The molecule has 0 aliphatic rings. The number of hydrogen-bond acceptors (Lipinski definition) is 5. The predicted octanol–water partition coefficient (Wildman–Crippen LogP) is 1.06. The van der Waals surface area contributed by atoms with E-state index in [1.165, 1.54) is 0 Å². The number of aromatic nitrogens is 2. The fraction of sp³-hybridized carbons (Fsp3) is 0.583. The van der Waals surface area contributed by atoms with E-state index in [4.69, 9.17) is 4.74 Å². The first-order valence-corrected chi connectivity index (χ1v) is 6.04. The monoisotopic (exact) mass is 252 g/mol. The molecule has 1 aromatic rings. The quantitative estimate of drug-likeness (QED) is 0.710. The highest BCUT2D eigenvalue weighted by molar-refractivity contribution is 5.92. The lowest BCUT2D eigenvalue weighted by molar-refractivity contribution is 0.0932. The number of ether oxygens (including phenoxy) is 1. The summed E-state index contributed by atoms with van der Waals surface area (Å²) >= 11 is 0. The fourth-order valence-electron chi connectivity index (χ4n) is 1.23. The minimum absolute atomic E-state index is 0.221. The van der Waals surface area contributed by atoms with Crippen LogP contribution in [0, 0.1) is 0 Å². The molecule has 1 amide bonds. The summed E-state index contributed by atoms with van der Waals surface area (Å²) in [5.41, 5.74) is 0.354. The second-order valence-corrected chi connectivity index (χ2v) is 3.97. The molecule has 1 atom stereocenters. The molecule has 2 N–H and O–H groups in total. The Morgan fingerprint density at radius 1 is 1.56 bits per heavy atom. The molecule has 100 valence electrons. The molecule has 1 rings (SSSR count). The van der Waals surface area contributed by atoms with Gasteiger partial charge in [-0.2, -0.15) is 0 Å². The zero-order chi connectivity index (χ0) is 13.4. The van der Waals surface area contributed by atoms with Gasteiger partial charge < -0.3 is 15.4 Å². The summed E-state index contributed by atoms with van der Waals surface area (Å²) in [5.74, 6) is 0.255. The van der Waals surface area contributed by atoms with Crippen molar-refractivity contribution in [1.82, 2.24) is 15.3 Å². The fourth-order valence-corrected chi connectivity index (χ4v) is 1.23. The normalized spacial score (nSPS) is 11.9. The highest BCUT2D eigenvalue weighted by Crippen LogP contribution is 2.04. The smallest absolute Gasteiger partial charge is 0.270 e. The largest absolute Gasteiger partial charge is 0.383 e. The molecule has 0 fully saturated rings. The van der Waals surface area contributed by atoms with E-state index in [-0.39, 0.29) is 11.9 Å². The summed E-state index contributed by atoms with van der Waals surface area (Å²) in [6.45, 7) is 5.05. The maximum absolute atomic E-state index is 11.7. The first-order chi connectivity index (χ1) is 8.67. The van der Waals surface area contributed by atoms with Crippen molar-refractivity contribution >= 4 is 11.9 Å². The molecule has 0 bridgehead atoms. The molecular weight excluding hydrogens is 232 g/mol. The van der Waals surface area contributed by atoms with Crippen molar-refractivity contribution in [2.75, 3.05) is 25.6 Å². The van der Waals surface area contributed by atoms with Crippen LogP contribution in [-0.4, -0.2) is 42.2 Å². The van der Waals surface area contributed by atoms with Crippen LogP contribution in [0.5, 0.6) is 0 Å². The van der Waals surface area contributed by atoms with Gasteiger partial charge in [-0.15, -0.1) is 0 Å². The zero-order valence-corrected chi connectivity index (χ0v) is 11.1. The number of anilines is 1. The van der Waals surface area contributed by atoms with Crippen molar-refractivity contribution in [2.45, 2.75) is 26.3 Å². The lowest BCUT2D eigenvalue weighted by Crippen LogP contribution is -2.28. The van der Waals surface area contributed by atoms with Gasteiger partial charge in [-0.05, 0) is 19.4 Å². The lowest BCUT2D eigenvalue weighted by Gasteiger charge is -2.11. The molecule has 6 heteroatoms. The van der Waals surface area contributed by atoms with Gasteiger partial charge >= 0.3 is 0 Å². The van der Waals surface area contributed by atoms with Gasteiger partial charge in [0, 0.05) is 25.9 Å². The van der Waals surface area contributed by atoms with Crippen LogP contribution < -0.4 is 10.6 Å². The number of amides is 1. The van der Waals surface area contributed by atoms with Crippen LogP contribution in [0.1, 0.15) is 30.8 Å². The van der Waals surface area contributed by atoms with E-state index in [0.29, 0.717) is 24.8 Å². The lowest BCUT2D eigenvalue weighted by atomic mass is 10.3. The van der Waals surface area contributed by atoms with Crippen LogP contribution in [-0.2, 0) is 4.74 Å². The van der Waals surface area contributed by atoms with Gasteiger partial charge in [-0.25, -0.2) is 9.97 Å². The number of carbonyl (C=O) groups excluding carboxylic acids is 1. The third kappa shape index (κ3) is 4.67. The topological polar surface area (TPSA) is 76.1 Å². The molecule has 0 saturated carbocycles. The Labute approximate surface area is 107 Å². The number of hydrogen-bond donors (Lipinski definition) is 2. The van der Waals surface area contributed by atoms with Gasteiger partial charge in [-0.3, -0.25) is 4.79 Å². The second-order valence-electron chi connectivity index (χ2n) is 3.97. The molecule has 1 heterocycles. The van der Waals surface area contributed by atoms with Crippen molar-refractivity contribution in [2.24, 2.45) is 0 Å². The van der Waals surface area contributed by atoms with E-state index < -0.39 is 0 Å². The van der Waals surface area contributed by atoms with E-state index >= 15 is 0 Å². The molecule has 18 heavy (non-hydrogen) atoms. The average Bonchev–Trinajstić information content (AvgIpc) is 2.39. The molecule has 0 aromatic carbocycles. The average molecular weight is 252 g/mol. The van der Waals surface area contributed by atoms with Gasteiger partial charge in [0.2, 0.25) is 5.95 Å². The molecule has 1 unspecified atom stereocenters. The Balaban J connectivity index is 2.60. The maximum Gasteiger partial charge on any atom is 0.270 e. The summed E-state index contributed by atoms with van der Waals surface area (Å²) in [4.78, 5) is 20.0. The van der Waals surface area contributed by atoms with E-state index in [0.717, 1.165) is 6.42 Å². The standard InChI is InChI=1S/C12H20N4O2/c1-4-9(2)15-12-14-6-5-10(16-12)11(17)13-7-8-18-3/h5-6,9H,4,7-8H2,1-3H3,(H,13,17)(H,14,15,16). The molecule has 6 nitrogen and oxygen atoms in total. The second kappa shape index (κ2) is 7.60. The Morgan fingerprint density at radius 3 is 3.00 bits per heavy atom. The Hall–Kier alpha value is -1.69. The first-order valence-electron chi connectivity index (χ1n) is 6.04. The van der Waals surface area contributed by atoms with E-state index in [1.807, 2.05) is 6.92 Å². The third-order valence-corrected chi connectivity index (χ3v) is 2.47. The van der Waals surface area contributed by atoms with Gasteiger partial charge in [-0.1, -0.05) is 6.92 Å². The van der Waals surface area contributed by atoms with Crippen LogP contribution in [0.25, 0.3) is 0 Å². The van der Waals surface area contributed by atoms with E-state index in [1.54, 1.807) is 19.4 Å². The molecule has 0 aliphatic carbocycles. The Kier molecular flexibility index (Phi) is 6.07. The van der Waals surface area contributed by atoms with Crippen LogP contribution >= 0.6 is 0 Å². The minimum atomic E-state index is -0.221. The van der Waals surface area contributed by atoms with Crippen molar-refractivity contribution < 1.29 is 9.53 Å². The van der Waals surface area contributed by atoms with Crippen molar-refractivity contribution in [1.29, 1.82) is 0 Å². The third-order valence-electron chi connectivity index (χ3n) is 2.47. The summed E-state index contributed by atoms with van der Waals surface area (Å²) in [7, 11) is 1.59. The van der Waals surface area contributed by atoms with Crippen molar-refractivity contribution in [3.8, 4) is 0 Å². The van der Waals surface area contributed by atoms with Gasteiger partial charge in [0.1, 0.15) is 5.69 Å². The number of methoxy groups -OCH3 is 1. The number of nitrogens with one attached hydrogen (secondary N) is 2. The zero-order valence-electron chi connectivity index (χ0n) is 11.1. The molecule has 0 spiro atoms. The van der Waals surface area contributed by atoms with E-state index in [9.17, 15) is 4.79 Å². The Bertz CT molecular complexity index is 384. The molecule has 1 aromatic heterocycles. The van der Waals surface area contributed by atoms with Gasteiger partial charge in [0.15, 0.2) is 0 Å². The molecule has 0 aliphatic heterocycles. The molecule has 0 saturated heterocycles. The van der Waals surface area contributed by atoms with Crippen LogP contribution in [0.15, 0.2) is 12.3 Å². The summed E-state index contributed by atoms with van der Waals surface area (Å²) in [6, 6.07) is 1.86. The van der Waals surface area contributed by atoms with E-state index in [2.05, 4.69) is 27.5 Å². The van der Waals surface area contributed by atoms with Crippen LogP contribution in [0.4, 0.5) is 5.95 Å². The number of rotatable bonds is 7. The SMILES string of the molecule is CCC(C)Nc1nccc(C(=O)NCCOC)n1. The van der Waals surface area contributed by atoms with Crippen LogP contribution in [0.3, 0.4) is 0 Å². The molecule has 0 radical (unpaired) electrons. The molecular formula is C12H20N4O2. The minimum Gasteiger partial charge on any atom is -0.383 e. The number of nitrogens with zero attached hydrogens (tertiary/aromatic N) is 2. The van der Waals surface area contributed by atoms with Crippen LogP contribution in [0.2, 0.25) is 0 Å². The van der Waals surface area contributed by atoms with Gasteiger partial charge in [0.25, 0.3) is 5.91 Å². The summed E-state index contributed by atoms with van der Waals surface area (Å²) in [5, 5.41) is 5.84.